The zero-order chi connectivity index (χ0) is 17.2. The van der Waals surface area contributed by atoms with Crippen molar-refractivity contribution in [3.63, 3.8) is 0 Å². The lowest BCUT2D eigenvalue weighted by Crippen LogP contribution is -2.29. The van der Waals surface area contributed by atoms with Crippen LogP contribution in [-0.2, 0) is 4.74 Å². The SMILES string of the molecule is CCC[C@@H](O)CCOC(NC(O)c1ccccc1)c1ccccc1. The molecular formula is C20H27NO3. The molecule has 0 aliphatic rings. The van der Waals surface area contributed by atoms with Crippen LogP contribution in [0.4, 0.5) is 0 Å². The topological polar surface area (TPSA) is 61.7 Å². The molecule has 3 atom stereocenters. The quantitative estimate of drug-likeness (QED) is 0.584. The molecule has 4 nitrogen and oxygen atoms in total. The van der Waals surface area contributed by atoms with Gasteiger partial charge in [-0.05, 0) is 24.0 Å². The molecule has 130 valence electrons. The van der Waals surface area contributed by atoms with Gasteiger partial charge in [0.2, 0.25) is 0 Å². The summed E-state index contributed by atoms with van der Waals surface area (Å²) >= 11 is 0. The van der Waals surface area contributed by atoms with Crippen LogP contribution in [0.5, 0.6) is 0 Å². The van der Waals surface area contributed by atoms with Crippen LogP contribution >= 0.6 is 0 Å². The van der Waals surface area contributed by atoms with Gasteiger partial charge in [-0.3, -0.25) is 5.32 Å². The zero-order valence-corrected chi connectivity index (χ0v) is 14.1. The van der Waals surface area contributed by atoms with Gasteiger partial charge in [0.05, 0.1) is 12.7 Å². The van der Waals surface area contributed by atoms with Crippen molar-refractivity contribution in [2.75, 3.05) is 6.61 Å². The third-order valence-corrected chi connectivity index (χ3v) is 3.88. The van der Waals surface area contributed by atoms with Gasteiger partial charge in [-0.1, -0.05) is 74.0 Å². The van der Waals surface area contributed by atoms with E-state index in [1.807, 2.05) is 60.7 Å². The summed E-state index contributed by atoms with van der Waals surface area (Å²) < 4.78 is 5.91. The second-order valence-electron chi connectivity index (χ2n) is 5.87. The second kappa shape index (κ2) is 10.2. The van der Waals surface area contributed by atoms with Crippen molar-refractivity contribution in [2.45, 2.75) is 44.7 Å². The van der Waals surface area contributed by atoms with Crippen LogP contribution in [0.3, 0.4) is 0 Å². The van der Waals surface area contributed by atoms with Crippen LogP contribution in [-0.4, -0.2) is 22.9 Å². The van der Waals surface area contributed by atoms with E-state index in [1.165, 1.54) is 0 Å². The van der Waals surface area contributed by atoms with Crippen LogP contribution in [0, 0.1) is 0 Å². The maximum absolute atomic E-state index is 10.4. The summed E-state index contributed by atoms with van der Waals surface area (Å²) in [5.41, 5.74) is 1.73. The highest BCUT2D eigenvalue weighted by molar-refractivity contribution is 5.20. The molecular weight excluding hydrogens is 302 g/mol. The molecule has 0 aromatic heterocycles. The van der Waals surface area contributed by atoms with Gasteiger partial charge in [0.25, 0.3) is 0 Å². The minimum Gasteiger partial charge on any atom is -0.393 e. The Bertz CT molecular complexity index is 562. The van der Waals surface area contributed by atoms with E-state index >= 15 is 0 Å². The number of rotatable bonds is 10. The van der Waals surface area contributed by atoms with E-state index in [4.69, 9.17) is 4.74 Å². The molecule has 0 saturated carbocycles. The van der Waals surface area contributed by atoms with Gasteiger partial charge in [-0.25, -0.2) is 0 Å². The zero-order valence-electron chi connectivity index (χ0n) is 14.1. The van der Waals surface area contributed by atoms with Gasteiger partial charge in [0, 0.05) is 0 Å². The van der Waals surface area contributed by atoms with Crippen LogP contribution < -0.4 is 5.32 Å². The van der Waals surface area contributed by atoms with Crippen molar-refractivity contribution in [3.8, 4) is 0 Å². The summed E-state index contributed by atoms with van der Waals surface area (Å²) in [4.78, 5) is 0. The molecule has 2 aromatic rings. The lowest BCUT2D eigenvalue weighted by atomic mass is 10.1. The Labute approximate surface area is 144 Å². The first-order valence-corrected chi connectivity index (χ1v) is 8.54. The van der Waals surface area contributed by atoms with Gasteiger partial charge in [-0.2, -0.15) is 0 Å². The Morgan fingerprint density at radius 2 is 1.46 bits per heavy atom. The Morgan fingerprint density at radius 1 is 0.875 bits per heavy atom. The first kappa shape index (κ1) is 18.6. The molecule has 0 aliphatic carbocycles. The average Bonchev–Trinajstić information content (AvgIpc) is 2.62. The maximum Gasteiger partial charge on any atom is 0.136 e. The van der Waals surface area contributed by atoms with E-state index in [9.17, 15) is 10.2 Å². The molecule has 2 aromatic carbocycles. The summed E-state index contributed by atoms with van der Waals surface area (Å²) in [5.74, 6) is 0. The van der Waals surface area contributed by atoms with Crippen LogP contribution in [0.1, 0.15) is 49.8 Å². The van der Waals surface area contributed by atoms with Crippen molar-refractivity contribution in [1.29, 1.82) is 0 Å². The van der Waals surface area contributed by atoms with Gasteiger partial charge in [-0.15, -0.1) is 0 Å². The molecule has 3 N–H and O–H groups in total. The van der Waals surface area contributed by atoms with E-state index in [2.05, 4.69) is 12.2 Å². The summed E-state index contributed by atoms with van der Waals surface area (Å²) in [7, 11) is 0. The van der Waals surface area contributed by atoms with Crippen LogP contribution in [0.25, 0.3) is 0 Å². The minimum absolute atomic E-state index is 0.342. The van der Waals surface area contributed by atoms with Crippen molar-refractivity contribution in [1.82, 2.24) is 5.32 Å². The molecule has 24 heavy (non-hydrogen) atoms. The van der Waals surface area contributed by atoms with E-state index in [0.717, 1.165) is 24.0 Å². The Kier molecular flexibility index (Phi) is 7.92. The van der Waals surface area contributed by atoms with Crippen LogP contribution in [0.2, 0.25) is 0 Å². The monoisotopic (exact) mass is 329 g/mol. The third-order valence-electron chi connectivity index (χ3n) is 3.88. The van der Waals surface area contributed by atoms with E-state index in [1.54, 1.807) is 0 Å². The summed E-state index contributed by atoms with van der Waals surface area (Å²) in [6, 6.07) is 19.2. The Balaban J connectivity index is 1.98. The highest BCUT2D eigenvalue weighted by Gasteiger charge is 2.17. The fourth-order valence-corrected chi connectivity index (χ4v) is 2.54. The molecule has 0 heterocycles. The van der Waals surface area contributed by atoms with Crippen molar-refractivity contribution >= 4 is 0 Å². The van der Waals surface area contributed by atoms with Gasteiger partial charge < -0.3 is 14.9 Å². The molecule has 0 fully saturated rings. The normalized spacial score (nSPS) is 15.0. The first-order valence-electron chi connectivity index (χ1n) is 8.54. The highest BCUT2D eigenvalue weighted by Crippen LogP contribution is 2.20. The van der Waals surface area contributed by atoms with Crippen molar-refractivity contribution < 1.29 is 14.9 Å². The molecule has 0 amide bonds. The number of aliphatic hydroxyl groups is 2. The lowest BCUT2D eigenvalue weighted by molar-refractivity contribution is -0.0290. The molecule has 0 bridgehead atoms. The fourth-order valence-electron chi connectivity index (χ4n) is 2.54. The average molecular weight is 329 g/mol. The third kappa shape index (κ3) is 6.06. The minimum atomic E-state index is -0.822. The van der Waals surface area contributed by atoms with Gasteiger partial charge >= 0.3 is 0 Å². The van der Waals surface area contributed by atoms with Crippen molar-refractivity contribution in [2.24, 2.45) is 0 Å². The first-order chi connectivity index (χ1) is 11.7. The molecule has 0 radical (unpaired) electrons. The summed E-state index contributed by atoms with van der Waals surface area (Å²) in [6.45, 7) is 2.48. The van der Waals surface area contributed by atoms with Crippen molar-refractivity contribution in [3.05, 3.63) is 71.8 Å². The predicted molar refractivity (Wildman–Crippen MR) is 95.2 cm³/mol. The Morgan fingerprint density at radius 3 is 2.04 bits per heavy atom. The number of benzene rings is 2. The second-order valence-corrected chi connectivity index (χ2v) is 5.87. The van der Waals surface area contributed by atoms with Gasteiger partial charge in [0.15, 0.2) is 0 Å². The summed E-state index contributed by atoms with van der Waals surface area (Å²) in [6.07, 6.45) is 0.714. The number of hydrogen-bond acceptors (Lipinski definition) is 4. The molecule has 2 unspecified atom stereocenters. The lowest BCUT2D eigenvalue weighted by Gasteiger charge is -2.24. The number of aliphatic hydroxyl groups excluding tert-OH is 2. The summed E-state index contributed by atoms with van der Waals surface area (Å²) in [5, 5.41) is 23.4. The molecule has 4 heteroatoms. The Hall–Kier alpha value is -1.72. The maximum atomic E-state index is 10.4. The molecule has 2 rings (SSSR count). The molecule has 0 saturated heterocycles. The van der Waals surface area contributed by atoms with E-state index < -0.39 is 12.5 Å². The largest absolute Gasteiger partial charge is 0.393 e. The van der Waals surface area contributed by atoms with Crippen LogP contribution in [0.15, 0.2) is 60.7 Å². The fraction of sp³-hybridized carbons (Fsp3) is 0.400. The number of hydrogen-bond donors (Lipinski definition) is 3. The number of nitrogens with one attached hydrogen (secondary N) is 1. The van der Waals surface area contributed by atoms with E-state index in [0.29, 0.717) is 13.0 Å². The molecule has 0 aliphatic heterocycles. The standard InChI is InChI=1S/C20H27NO3/c1-2-9-18(22)14-15-24-20(17-12-7-4-8-13-17)21-19(23)16-10-5-3-6-11-16/h3-8,10-13,18-23H,2,9,14-15H2,1H3/t18-,19?,20?/m1/s1. The predicted octanol–water partition coefficient (Wildman–Crippen LogP) is 3.53. The smallest absolute Gasteiger partial charge is 0.136 e. The van der Waals surface area contributed by atoms with E-state index in [-0.39, 0.29) is 6.10 Å². The highest BCUT2D eigenvalue weighted by atomic mass is 16.5. The number of ether oxygens (including phenoxy) is 1. The molecule has 0 spiro atoms. The van der Waals surface area contributed by atoms with Gasteiger partial charge in [0.1, 0.15) is 12.5 Å².